The van der Waals surface area contributed by atoms with Gasteiger partial charge in [-0.15, -0.1) is 0 Å². The lowest BCUT2D eigenvalue weighted by atomic mass is 10.2. The molecule has 1 amide bonds. The molecule has 3 rings (SSSR count). The quantitative estimate of drug-likeness (QED) is 0.416. The summed E-state index contributed by atoms with van der Waals surface area (Å²) in [4.78, 5) is 12.3. The van der Waals surface area contributed by atoms with Crippen LogP contribution in [0.1, 0.15) is 12.5 Å². The summed E-state index contributed by atoms with van der Waals surface area (Å²) in [6.07, 6.45) is 0.862. The van der Waals surface area contributed by atoms with Crippen molar-refractivity contribution in [2.45, 2.75) is 13.3 Å². The van der Waals surface area contributed by atoms with Gasteiger partial charge in [-0.1, -0.05) is 43.0 Å². The van der Waals surface area contributed by atoms with Crippen LogP contribution in [0.3, 0.4) is 0 Å². The Morgan fingerprint density at radius 1 is 0.871 bits per heavy atom. The number of carbonyl (C=O) groups excluding carboxylic acids is 1. The van der Waals surface area contributed by atoms with Crippen LogP contribution in [0.2, 0.25) is 0 Å². The van der Waals surface area contributed by atoms with Crippen LogP contribution in [-0.2, 0) is 11.2 Å². The molecule has 0 aliphatic heterocycles. The predicted octanol–water partition coefficient (Wildman–Crippen LogP) is 5.31. The van der Waals surface area contributed by atoms with E-state index < -0.39 is 0 Å². The summed E-state index contributed by atoms with van der Waals surface area (Å²) in [5, 5.41) is 5.98. The standard InChI is InChI=1S/C26H28N2O3/c1-20(2)19-31-25-10-6-9-23(17-25)28-26(29)18-27-22-11-13-24(14-12-22)30-16-15-21-7-4-3-5-8-21/h3-14,17,27H,1,15-16,18-19H2,2H3,(H,28,29). The minimum atomic E-state index is -0.139. The van der Waals surface area contributed by atoms with Crippen molar-refractivity contribution in [1.29, 1.82) is 0 Å². The van der Waals surface area contributed by atoms with Crippen LogP contribution in [0.15, 0.2) is 91.0 Å². The summed E-state index contributed by atoms with van der Waals surface area (Å²) in [5.41, 5.74) is 3.73. The molecule has 3 aromatic carbocycles. The van der Waals surface area contributed by atoms with Crippen LogP contribution >= 0.6 is 0 Å². The summed E-state index contributed by atoms with van der Waals surface area (Å²) in [5.74, 6) is 1.36. The number of ether oxygens (including phenoxy) is 2. The fourth-order valence-corrected chi connectivity index (χ4v) is 2.86. The largest absolute Gasteiger partial charge is 0.493 e. The number of nitrogens with one attached hydrogen (secondary N) is 2. The van der Waals surface area contributed by atoms with Gasteiger partial charge in [0.2, 0.25) is 5.91 Å². The van der Waals surface area contributed by atoms with Crippen LogP contribution in [0.5, 0.6) is 11.5 Å². The highest BCUT2D eigenvalue weighted by atomic mass is 16.5. The zero-order valence-electron chi connectivity index (χ0n) is 17.8. The Hall–Kier alpha value is -3.73. The van der Waals surface area contributed by atoms with Crippen molar-refractivity contribution in [1.82, 2.24) is 0 Å². The molecule has 2 N–H and O–H groups in total. The number of hydrogen-bond donors (Lipinski definition) is 2. The Balaban J connectivity index is 1.41. The van der Waals surface area contributed by atoms with Gasteiger partial charge in [0.05, 0.1) is 13.2 Å². The van der Waals surface area contributed by atoms with Crippen molar-refractivity contribution >= 4 is 17.3 Å². The number of hydrogen-bond acceptors (Lipinski definition) is 4. The van der Waals surface area contributed by atoms with Crippen molar-refractivity contribution in [2.24, 2.45) is 0 Å². The highest BCUT2D eigenvalue weighted by Crippen LogP contribution is 2.18. The summed E-state index contributed by atoms with van der Waals surface area (Å²) in [7, 11) is 0. The second kappa shape index (κ2) is 11.5. The van der Waals surface area contributed by atoms with E-state index in [1.807, 2.05) is 67.6 Å². The van der Waals surface area contributed by atoms with E-state index in [0.717, 1.165) is 23.4 Å². The Morgan fingerprint density at radius 3 is 2.39 bits per heavy atom. The molecule has 0 saturated carbocycles. The van der Waals surface area contributed by atoms with Gasteiger partial charge in [0.1, 0.15) is 18.1 Å². The topological polar surface area (TPSA) is 59.6 Å². The van der Waals surface area contributed by atoms with Crippen LogP contribution in [0.25, 0.3) is 0 Å². The minimum Gasteiger partial charge on any atom is -0.493 e. The van der Waals surface area contributed by atoms with Gasteiger partial charge in [-0.05, 0) is 54.5 Å². The van der Waals surface area contributed by atoms with E-state index in [0.29, 0.717) is 24.7 Å². The summed E-state index contributed by atoms with van der Waals surface area (Å²) in [6, 6.07) is 25.1. The molecule has 0 bridgehead atoms. The van der Waals surface area contributed by atoms with Crippen LogP contribution in [-0.4, -0.2) is 25.7 Å². The van der Waals surface area contributed by atoms with Gasteiger partial charge in [-0.2, -0.15) is 0 Å². The summed E-state index contributed by atoms with van der Waals surface area (Å²) in [6.45, 7) is 6.95. The van der Waals surface area contributed by atoms with Crippen LogP contribution in [0, 0.1) is 0 Å². The zero-order chi connectivity index (χ0) is 21.9. The molecule has 160 valence electrons. The Kier molecular flexibility index (Phi) is 8.12. The second-order valence-corrected chi connectivity index (χ2v) is 7.28. The van der Waals surface area contributed by atoms with E-state index in [4.69, 9.17) is 9.47 Å². The summed E-state index contributed by atoms with van der Waals surface area (Å²) >= 11 is 0. The monoisotopic (exact) mass is 416 g/mol. The minimum absolute atomic E-state index is 0.139. The van der Waals surface area contributed by atoms with Crippen LogP contribution in [0.4, 0.5) is 11.4 Å². The molecule has 3 aromatic rings. The third kappa shape index (κ3) is 7.90. The van der Waals surface area contributed by atoms with E-state index in [1.165, 1.54) is 5.56 Å². The van der Waals surface area contributed by atoms with E-state index in [9.17, 15) is 4.79 Å². The third-order valence-electron chi connectivity index (χ3n) is 4.41. The Bertz CT molecular complexity index is 985. The van der Waals surface area contributed by atoms with E-state index >= 15 is 0 Å². The van der Waals surface area contributed by atoms with E-state index in [-0.39, 0.29) is 12.5 Å². The molecule has 0 spiro atoms. The first-order valence-corrected chi connectivity index (χ1v) is 10.3. The Morgan fingerprint density at radius 2 is 1.65 bits per heavy atom. The molecule has 0 aliphatic carbocycles. The maximum atomic E-state index is 12.3. The smallest absolute Gasteiger partial charge is 0.243 e. The average Bonchev–Trinajstić information content (AvgIpc) is 2.78. The maximum Gasteiger partial charge on any atom is 0.243 e. The number of anilines is 2. The second-order valence-electron chi connectivity index (χ2n) is 7.28. The van der Waals surface area contributed by atoms with E-state index in [1.54, 1.807) is 6.07 Å². The number of amides is 1. The highest BCUT2D eigenvalue weighted by molar-refractivity contribution is 5.93. The van der Waals surface area contributed by atoms with Crippen molar-refractivity contribution in [3.63, 3.8) is 0 Å². The number of rotatable bonds is 11. The molecule has 0 radical (unpaired) electrons. The fraction of sp³-hybridized carbons (Fsp3) is 0.192. The summed E-state index contributed by atoms with van der Waals surface area (Å²) < 4.78 is 11.4. The molecule has 31 heavy (non-hydrogen) atoms. The maximum absolute atomic E-state index is 12.3. The first-order chi connectivity index (χ1) is 15.1. The van der Waals surface area contributed by atoms with Gasteiger partial charge in [-0.3, -0.25) is 4.79 Å². The lowest BCUT2D eigenvalue weighted by Gasteiger charge is -2.11. The third-order valence-corrected chi connectivity index (χ3v) is 4.41. The van der Waals surface area contributed by atoms with Gasteiger partial charge in [0, 0.05) is 23.9 Å². The average molecular weight is 417 g/mol. The molecule has 5 nitrogen and oxygen atoms in total. The van der Waals surface area contributed by atoms with Gasteiger partial charge in [0.25, 0.3) is 0 Å². The fourth-order valence-electron chi connectivity index (χ4n) is 2.86. The normalized spacial score (nSPS) is 10.2. The molecule has 0 heterocycles. The molecular formula is C26H28N2O3. The lowest BCUT2D eigenvalue weighted by molar-refractivity contribution is -0.114. The Labute approximate surface area is 183 Å². The van der Waals surface area contributed by atoms with Crippen molar-refractivity contribution in [3.8, 4) is 11.5 Å². The zero-order valence-corrected chi connectivity index (χ0v) is 17.8. The molecule has 0 aliphatic rings. The van der Waals surface area contributed by atoms with Crippen LogP contribution < -0.4 is 20.1 Å². The van der Waals surface area contributed by atoms with Crippen molar-refractivity contribution in [3.05, 3.63) is 96.6 Å². The van der Waals surface area contributed by atoms with E-state index in [2.05, 4.69) is 29.3 Å². The van der Waals surface area contributed by atoms with Crippen molar-refractivity contribution in [2.75, 3.05) is 30.4 Å². The molecule has 0 unspecified atom stereocenters. The first-order valence-electron chi connectivity index (χ1n) is 10.3. The lowest BCUT2D eigenvalue weighted by Crippen LogP contribution is -2.21. The van der Waals surface area contributed by atoms with Gasteiger partial charge >= 0.3 is 0 Å². The molecule has 0 saturated heterocycles. The van der Waals surface area contributed by atoms with Gasteiger partial charge in [0.15, 0.2) is 0 Å². The van der Waals surface area contributed by atoms with Gasteiger partial charge in [-0.25, -0.2) is 0 Å². The first kappa shape index (κ1) is 22.0. The predicted molar refractivity (Wildman–Crippen MR) is 126 cm³/mol. The molecular weight excluding hydrogens is 388 g/mol. The SMILES string of the molecule is C=C(C)COc1cccc(NC(=O)CNc2ccc(OCCc3ccccc3)cc2)c1. The van der Waals surface area contributed by atoms with Gasteiger partial charge < -0.3 is 20.1 Å². The van der Waals surface area contributed by atoms with Crippen molar-refractivity contribution < 1.29 is 14.3 Å². The highest BCUT2D eigenvalue weighted by Gasteiger charge is 2.04. The molecule has 5 heteroatoms. The molecule has 0 fully saturated rings. The molecule has 0 aromatic heterocycles. The number of benzene rings is 3. The molecule has 0 atom stereocenters. The number of carbonyl (C=O) groups is 1.